The van der Waals surface area contributed by atoms with E-state index >= 15 is 0 Å². The topological polar surface area (TPSA) is 23.5 Å². The Bertz CT molecular complexity index is 106. The molecule has 0 aliphatic rings. The highest BCUT2D eigenvalue weighted by Gasteiger charge is 2.05. The van der Waals surface area contributed by atoms with E-state index in [4.69, 9.17) is 5.11 Å². The molecule has 0 heterocycles. The summed E-state index contributed by atoms with van der Waals surface area (Å²) < 4.78 is 0. The van der Waals surface area contributed by atoms with Crippen molar-refractivity contribution in [2.75, 3.05) is 26.7 Å². The average molecular weight is 187 g/mol. The Balaban J connectivity index is 3.37. The van der Waals surface area contributed by atoms with Gasteiger partial charge in [-0.3, -0.25) is 0 Å². The van der Waals surface area contributed by atoms with E-state index in [9.17, 15) is 0 Å². The third-order valence-corrected chi connectivity index (χ3v) is 2.81. The van der Waals surface area contributed by atoms with Crippen molar-refractivity contribution < 1.29 is 5.11 Å². The standard InChI is InChI=1S/C11H25NO/c1-4-11(8-10-13)7-6-9-12(3)5-2/h11,13H,4-10H2,1-3H3/t11-/m1/s1. The highest BCUT2D eigenvalue weighted by atomic mass is 16.3. The van der Waals surface area contributed by atoms with Crippen molar-refractivity contribution >= 4 is 0 Å². The Labute approximate surface area is 82.9 Å². The first-order chi connectivity index (χ1) is 6.24. The molecule has 1 atom stereocenters. The molecule has 0 aliphatic carbocycles. The van der Waals surface area contributed by atoms with Gasteiger partial charge in [0.1, 0.15) is 0 Å². The Hall–Kier alpha value is -0.0800. The Morgan fingerprint density at radius 1 is 1.23 bits per heavy atom. The highest BCUT2D eigenvalue weighted by Crippen LogP contribution is 2.14. The van der Waals surface area contributed by atoms with Gasteiger partial charge < -0.3 is 10.0 Å². The van der Waals surface area contributed by atoms with Gasteiger partial charge in [-0.15, -0.1) is 0 Å². The molecule has 0 unspecified atom stereocenters. The van der Waals surface area contributed by atoms with Crippen molar-refractivity contribution in [3.05, 3.63) is 0 Å². The van der Waals surface area contributed by atoms with E-state index in [0.29, 0.717) is 6.61 Å². The van der Waals surface area contributed by atoms with Crippen molar-refractivity contribution in [2.45, 2.75) is 39.5 Å². The van der Waals surface area contributed by atoms with Gasteiger partial charge in [0.05, 0.1) is 0 Å². The molecule has 0 radical (unpaired) electrons. The molecule has 0 aromatic rings. The van der Waals surface area contributed by atoms with E-state index in [1.165, 1.54) is 25.8 Å². The Morgan fingerprint density at radius 3 is 2.38 bits per heavy atom. The number of rotatable bonds is 8. The number of nitrogens with zero attached hydrogens (tertiary/aromatic N) is 1. The van der Waals surface area contributed by atoms with Crippen LogP contribution in [0.25, 0.3) is 0 Å². The van der Waals surface area contributed by atoms with E-state index in [-0.39, 0.29) is 0 Å². The molecule has 80 valence electrons. The fraction of sp³-hybridized carbons (Fsp3) is 1.00. The van der Waals surface area contributed by atoms with Gasteiger partial charge in [0.2, 0.25) is 0 Å². The van der Waals surface area contributed by atoms with Crippen molar-refractivity contribution in [1.82, 2.24) is 4.90 Å². The van der Waals surface area contributed by atoms with Crippen LogP contribution >= 0.6 is 0 Å². The lowest BCUT2D eigenvalue weighted by molar-refractivity contribution is 0.241. The smallest absolute Gasteiger partial charge is 0.0433 e. The molecule has 2 nitrogen and oxygen atoms in total. The van der Waals surface area contributed by atoms with Crippen molar-refractivity contribution in [3.63, 3.8) is 0 Å². The molecule has 0 bridgehead atoms. The average Bonchev–Trinajstić information content (AvgIpc) is 2.16. The minimum Gasteiger partial charge on any atom is -0.396 e. The molecule has 0 aromatic heterocycles. The molecule has 0 spiro atoms. The third-order valence-electron chi connectivity index (χ3n) is 2.81. The van der Waals surface area contributed by atoms with Gasteiger partial charge in [0.25, 0.3) is 0 Å². The van der Waals surface area contributed by atoms with Gasteiger partial charge in [0.15, 0.2) is 0 Å². The van der Waals surface area contributed by atoms with Crippen LogP contribution in [0.5, 0.6) is 0 Å². The summed E-state index contributed by atoms with van der Waals surface area (Å²) in [5.74, 6) is 0.732. The quantitative estimate of drug-likeness (QED) is 0.629. The van der Waals surface area contributed by atoms with Gasteiger partial charge >= 0.3 is 0 Å². The fourth-order valence-corrected chi connectivity index (χ4v) is 1.54. The molecule has 13 heavy (non-hydrogen) atoms. The lowest BCUT2D eigenvalue weighted by Gasteiger charge is -2.17. The van der Waals surface area contributed by atoms with E-state index < -0.39 is 0 Å². The van der Waals surface area contributed by atoms with E-state index in [1.807, 2.05) is 0 Å². The van der Waals surface area contributed by atoms with E-state index in [2.05, 4.69) is 25.8 Å². The van der Waals surface area contributed by atoms with Crippen LogP contribution in [0.15, 0.2) is 0 Å². The summed E-state index contributed by atoms with van der Waals surface area (Å²) in [6.45, 7) is 7.08. The fourth-order valence-electron chi connectivity index (χ4n) is 1.54. The maximum atomic E-state index is 8.81. The molecule has 0 amide bonds. The zero-order valence-electron chi connectivity index (χ0n) is 9.42. The van der Waals surface area contributed by atoms with Crippen molar-refractivity contribution in [2.24, 2.45) is 5.92 Å². The largest absolute Gasteiger partial charge is 0.396 e. The van der Waals surface area contributed by atoms with Crippen LogP contribution < -0.4 is 0 Å². The van der Waals surface area contributed by atoms with Gasteiger partial charge in [-0.25, -0.2) is 0 Å². The molecule has 1 N–H and O–H groups in total. The molecule has 0 rings (SSSR count). The zero-order chi connectivity index (χ0) is 10.1. The van der Waals surface area contributed by atoms with Gasteiger partial charge in [-0.2, -0.15) is 0 Å². The molecule has 0 fully saturated rings. The minimum absolute atomic E-state index is 0.349. The van der Waals surface area contributed by atoms with Gasteiger partial charge in [-0.05, 0) is 45.3 Å². The second-order valence-corrected chi connectivity index (χ2v) is 3.82. The SMILES string of the molecule is CC[C@@H](CCO)CCCN(C)CC. The van der Waals surface area contributed by atoms with Crippen molar-refractivity contribution in [1.29, 1.82) is 0 Å². The van der Waals surface area contributed by atoms with Gasteiger partial charge in [0, 0.05) is 6.61 Å². The molecule has 0 saturated heterocycles. The summed E-state index contributed by atoms with van der Waals surface area (Å²) in [5.41, 5.74) is 0. The summed E-state index contributed by atoms with van der Waals surface area (Å²) in [5, 5.41) is 8.81. The molecular formula is C11H25NO. The van der Waals surface area contributed by atoms with E-state index in [0.717, 1.165) is 18.9 Å². The lowest BCUT2D eigenvalue weighted by Crippen LogP contribution is -2.19. The van der Waals surface area contributed by atoms with Gasteiger partial charge in [-0.1, -0.05) is 20.3 Å². The maximum absolute atomic E-state index is 8.81. The lowest BCUT2D eigenvalue weighted by atomic mass is 9.97. The molecular weight excluding hydrogens is 162 g/mol. The van der Waals surface area contributed by atoms with E-state index in [1.54, 1.807) is 0 Å². The van der Waals surface area contributed by atoms with Crippen LogP contribution in [0.2, 0.25) is 0 Å². The summed E-state index contributed by atoms with van der Waals surface area (Å²) in [4.78, 5) is 2.34. The summed E-state index contributed by atoms with van der Waals surface area (Å²) in [6, 6.07) is 0. The molecule has 0 aromatic carbocycles. The molecule has 2 heteroatoms. The first-order valence-corrected chi connectivity index (χ1v) is 5.53. The van der Waals surface area contributed by atoms with Crippen LogP contribution in [0.4, 0.5) is 0 Å². The summed E-state index contributed by atoms with van der Waals surface area (Å²) >= 11 is 0. The maximum Gasteiger partial charge on any atom is 0.0433 e. The normalized spacial score (nSPS) is 13.6. The first kappa shape index (κ1) is 12.9. The monoisotopic (exact) mass is 187 g/mol. The van der Waals surface area contributed by atoms with Crippen LogP contribution in [0.1, 0.15) is 39.5 Å². The highest BCUT2D eigenvalue weighted by molar-refractivity contribution is 4.58. The second-order valence-electron chi connectivity index (χ2n) is 3.82. The number of hydrogen-bond donors (Lipinski definition) is 1. The van der Waals surface area contributed by atoms with Crippen LogP contribution in [0, 0.1) is 5.92 Å². The molecule has 0 saturated carbocycles. The number of hydrogen-bond acceptors (Lipinski definition) is 2. The van der Waals surface area contributed by atoms with Crippen LogP contribution in [-0.2, 0) is 0 Å². The summed E-state index contributed by atoms with van der Waals surface area (Å²) in [6.07, 6.45) is 4.72. The molecule has 0 aliphatic heterocycles. The van der Waals surface area contributed by atoms with Crippen molar-refractivity contribution in [3.8, 4) is 0 Å². The predicted octanol–water partition coefficient (Wildman–Crippen LogP) is 2.13. The number of aliphatic hydroxyl groups is 1. The minimum atomic E-state index is 0.349. The third kappa shape index (κ3) is 7.03. The number of aliphatic hydroxyl groups excluding tert-OH is 1. The Morgan fingerprint density at radius 2 is 1.92 bits per heavy atom. The first-order valence-electron chi connectivity index (χ1n) is 5.53. The second kappa shape index (κ2) is 8.52. The Kier molecular flexibility index (Phi) is 8.46. The van der Waals surface area contributed by atoms with Crippen LogP contribution in [-0.4, -0.2) is 36.8 Å². The predicted molar refractivity (Wildman–Crippen MR) is 57.9 cm³/mol. The van der Waals surface area contributed by atoms with Crippen LogP contribution in [0.3, 0.4) is 0 Å². The summed E-state index contributed by atoms with van der Waals surface area (Å²) in [7, 11) is 2.16. The zero-order valence-corrected chi connectivity index (χ0v) is 9.42.